The fraction of sp³-hybridized carbons (Fsp3) is 0.647. The second-order valence-corrected chi connectivity index (χ2v) is 7.03. The molecule has 0 spiro atoms. The highest BCUT2D eigenvalue weighted by molar-refractivity contribution is 8.00. The minimum atomic E-state index is 0.694. The van der Waals surface area contributed by atoms with Gasteiger partial charge in [0.2, 0.25) is 0 Å². The van der Waals surface area contributed by atoms with Crippen LogP contribution in [0.3, 0.4) is 0 Å². The molecule has 1 aromatic carbocycles. The van der Waals surface area contributed by atoms with Gasteiger partial charge in [-0.15, -0.1) is 11.8 Å². The molecule has 0 aromatic heterocycles. The van der Waals surface area contributed by atoms with Gasteiger partial charge in [-0.25, -0.2) is 0 Å². The van der Waals surface area contributed by atoms with Gasteiger partial charge >= 0.3 is 0 Å². The molecule has 2 rings (SSSR count). The first-order valence-electron chi connectivity index (χ1n) is 7.69. The summed E-state index contributed by atoms with van der Waals surface area (Å²) < 4.78 is 0. The number of benzene rings is 1. The first-order chi connectivity index (χ1) is 9.22. The molecule has 0 heterocycles. The van der Waals surface area contributed by atoms with E-state index in [1.807, 2.05) is 0 Å². The Morgan fingerprint density at radius 3 is 2.53 bits per heavy atom. The van der Waals surface area contributed by atoms with Crippen LogP contribution in [-0.2, 0) is 0 Å². The summed E-state index contributed by atoms with van der Waals surface area (Å²) in [4.78, 5) is 1.43. The number of rotatable bonds is 5. The maximum absolute atomic E-state index is 3.69. The molecule has 0 saturated heterocycles. The standard InChI is InChI=1S/C17H27NS/c1-4-14-8-11-16(18-5-2)17(12-14)19-15-9-6-13(3)7-10-15/h6-7,9-10,14,16-18H,4-5,8,11-12H2,1-3H3. The van der Waals surface area contributed by atoms with Gasteiger partial charge in [-0.3, -0.25) is 0 Å². The third-order valence-corrected chi connectivity index (χ3v) is 5.62. The number of hydrogen-bond acceptors (Lipinski definition) is 2. The molecule has 1 saturated carbocycles. The van der Waals surface area contributed by atoms with E-state index in [9.17, 15) is 0 Å². The molecule has 0 radical (unpaired) electrons. The Morgan fingerprint density at radius 1 is 1.16 bits per heavy atom. The summed E-state index contributed by atoms with van der Waals surface area (Å²) in [5.41, 5.74) is 1.35. The Balaban J connectivity index is 2.02. The summed E-state index contributed by atoms with van der Waals surface area (Å²) >= 11 is 2.08. The lowest BCUT2D eigenvalue weighted by Crippen LogP contribution is -2.42. The highest BCUT2D eigenvalue weighted by Crippen LogP contribution is 2.37. The van der Waals surface area contributed by atoms with Crippen molar-refractivity contribution in [3.8, 4) is 0 Å². The predicted molar refractivity (Wildman–Crippen MR) is 85.9 cm³/mol. The van der Waals surface area contributed by atoms with Crippen LogP contribution >= 0.6 is 11.8 Å². The molecule has 0 amide bonds. The maximum atomic E-state index is 3.69. The quantitative estimate of drug-likeness (QED) is 0.841. The monoisotopic (exact) mass is 277 g/mol. The molecule has 1 aliphatic carbocycles. The van der Waals surface area contributed by atoms with E-state index < -0.39 is 0 Å². The van der Waals surface area contributed by atoms with Crippen LogP contribution in [0.1, 0.15) is 45.1 Å². The van der Waals surface area contributed by atoms with Gasteiger partial charge in [0.1, 0.15) is 0 Å². The van der Waals surface area contributed by atoms with Gasteiger partial charge in [-0.2, -0.15) is 0 Å². The molecule has 1 N–H and O–H groups in total. The van der Waals surface area contributed by atoms with E-state index in [1.54, 1.807) is 0 Å². The Morgan fingerprint density at radius 2 is 1.89 bits per heavy atom. The van der Waals surface area contributed by atoms with Crippen LogP contribution in [-0.4, -0.2) is 17.8 Å². The summed E-state index contributed by atoms with van der Waals surface area (Å²) in [6.07, 6.45) is 5.45. The zero-order valence-electron chi connectivity index (χ0n) is 12.5. The topological polar surface area (TPSA) is 12.0 Å². The molecule has 1 fully saturated rings. The number of hydrogen-bond donors (Lipinski definition) is 1. The molecule has 106 valence electrons. The molecule has 1 aromatic rings. The zero-order chi connectivity index (χ0) is 13.7. The van der Waals surface area contributed by atoms with E-state index in [0.717, 1.165) is 17.7 Å². The van der Waals surface area contributed by atoms with E-state index in [2.05, 4.69) is 62.1 Å². The van der Waals surface area contributed by atoms with Gasteiger partial charge in [0.25, 0.3) is 0 Å². The van der Waals surface area contributed by atoms with E-state index in [-0.39, 0.29) is 0 Å². The second-order valence-electron chi connectivity index (χ2n) is 5.72. The lowest BCUT2D eigenvalue weighted by Gasteiger charge is -2.36. The summed E-state index contributed by atoms with van der Waals surface area (Å²) in [5, 5.41) is 4.43. The van der Waals surface area contributed by atoms with Crippen LogP contribution in [0, 0.1) is 12.8 Å². The summed E-state index contributed by atoms with van der Waals surface area (Å²) in [5.74, 6) is 0.929. The molecular formula is C17H27NS. The molecule has 0 bridgehead atoms. The van der Waals surface area contributed by atoms with Gasteiger partial charge in [-0.1, -0.05) is 38.0 Å². The van der Waals surface area contributed by atoms with E-state index in [4.69, 9.17) is 0 Å². The van der Waals surface area contributed by atoms with Crippen LogP contribution < -0.4 is 5.32 Å². The molecule has 19 heavy (non-hydrogen) atoms. The molecule has 0 aliphatic heterocycles. The normalized spacial score (nSPS) is 27.4. The van der Waals surface area contributed by atoms with Crippen LogP contribution in [0.25, 0.3) is 0 Å². The fourth-order valence-corrected chi connectivity index (χ4v) is 4.41. The molecule has 1 aliphatic rings. The predicted octanol–water partition coefficient (Wildman–Crippen LogP) is 4.64. The van der Waals surface area contributed by atoms with Crippen LogP contribution in [0.4, 0.5) is 0 Å². The maximum Gasteiger partial charge on any atom is 0.0251 e. The van der Waals surface area contributed by atoms with Gasteiger partial charge in [0, 0.05) is 16.2 Å². The van der Waals surface area contributed by atoms with E-state index >= 15 is 0 Å². The van der Waals surface area contributed by atoms with E-state index in [0.29, 0.717) is 6.04 Å². The highest BCUT2D eigenvalue weighted by Gasteiger charge is 2.29. The molecular weight excluding hydrogens is 250 g/mol. The summed E-state index contributed by atoms with van der Waals surface area (Å²) in [7, 11) is 0. The van der Waals surface area contributed by atoms with Gasteiger partial charge in [0.15, 0.2) is 0 Å². The van der Waals surface area contributed by atoms with E-state index in [1.165, 1.54) is 36.1 Å². The van der Waals surface area contributed by atoms with Crippen molar-refractivity contribution in [3.63, 3.8) is 0 Å². The van der Waals surface area contributed by atoms with Crippen molar-refractivity contribution in [2.45, 2.75) is 62.6 Å². The minimum Gasteiger partial charge on any atom is -0.313 e. The van der Waals surface area contributed by atoms with Crippen molar-refractivity contribution in [2.24, 2.45) is 5.92 Å². The van der Waals surface area contributed by atoms with Crippen molar-refractivity contribution in [3.05, 3.63) is 29.8 Å². The average Bonchev–Trinajstić information content (AvgIpc) is 2.43. The first-order valence-corrected chi connectivity index (χ1v) is 8.57. The summed E-state index contributed by atoms with van der Waals surface area (Å²) in [6.45, 7) is 7.81. The lowest BCUT2D eigenvalue weighted by molar-refractivity contribution is 0.298. The second kappa shape index (κ2) is 7.35. The van der Waals surface area contributed by atoms with Crippen LogP contribution in [0.5, 0.6) is 0 Å². The Kier molecular flexibility index (Phi) is 5.77. The van der Waals surface area contributed by atoms with Crippen molar-refractivity contribution in [2.75, 3.05) is 6.54 Å². The molecule has 2 heteroatoms. The first kappa shape index (κ1) is 14.9. The van der Waals surface area contributed by atoms with Crippen molar-refractivity contribution < 1.29 is 0 Å². The van der Waals surface area contributed by atoms with Gasteiger partial charge < -0.3 is 5.32 Å². The Labute approximate surface area is 122 Å². The highest BCUT2D eigenvalue weighted by atomic mass is 32.2. The molecule has 3 atom stereocenters. The summed E-state index contributed by atoms with van der Waals surface area (Å²) in [6, 6.07) is 9.70. The third kappa shape index (κ3) is 4.25. The molecule has 3 unspecified atom stereocenters. The third-order valence-electron chi connectivity index (χ3n) is 4.25. The Bertz CT molecular complexity index is 373. The van der Waals surface area contributed by atoms with Crippen molar-refractivity contribution in [1.82, 2.24) is 5.32 Å². The number of thioether (sulfide) groups is 1. The minimum absolute atomic E-state index is 0.694. The van der Waals surface area contributed by atoms with Gasteiger partial charge in [-0.05, 0) is 50.8 Å². The van der Waals surface area contributed by atoms with Crippen LogP contribution in [0.2, 0.25) is 0 Å². The zero-order valence-corrected chi connectivity index (χ0v) is 13.3. The number of aryl methyl sites for hydroxylation is 1. The van der Waals surface area contributed by atoms with Crippen LogP contribution in [0.15, 0.2) is 29.2 Å². The largest absolute Gasteiger partial charge is 0.313 e. The molecule has 1 nitrogen and oxygen atoms in total. The average molecular weight is 277 g/mol. The fourth-order valence-electron chi connectivity index (χ4n) is 3.00. The lowest BCUT2D eigenvalue weighted by atomic mass is 9.84. The van der Waals surface area contributed by atoms with Crippen molar-refractivity contribution >= 4 is 11.8 Å². The smallest absolute Gasteiger partial charge is 0.0251 e. The number of nitrogens with one attached hydrogen (secondary N) is 1. The van der Waals surface area contributed by atoms with Crippen molar-refractivity contribution in [1.29, 1.82) is 0 Å². The van der Waals surface area contributed by atoms with Gasteiger partial charge in [0.05, 0.1) is 0 Å². The SMILES string of the molecule is CCNC1CCC(CC)CC1Sc1ccc(C)cc1. The Hall–Kier alpha value is -0.470.